The van der Waals surface area contributed by atoms with Crippen LogP contribution in [0.3, 0.4) is 0 Å². The van der Waals surface area contributed by atoms with Gasteiger partial charge in [0.05, 0.1) is 6.26 Å². The Balaban J connectivity index is 2.52. The van der Waals surface area contributed by atoms with E-state index in [2.05, 4.69) is 22.9 Å². The molecule has 2 heteroatoms. The van der Waals surface area contributed by atoms with Crippen molar-refractivity contribution in [3.63, 3.8) is 0 Å². The van der Waals surface area contributed by atoms with Gasteiger partial charge in [0, 0.05) is 24.1 Å². The third kappa shape index (κ3) is 1.75. The molecule has 0 saturated carbocycles. The van der Waals surface area contributed by atoms with E-state index in [-0.39, 0.29) is 0 Å². The van der Waals surface area contributed by atoms with Crippen molar-refractivity contribution < 1.29 is 5.11 Å². The van der Waals surface area contributed by atoms with Gasteiger partial charge in [0.1, 0.15) is 0 Å². The fourth-order valence-electron chi connectivity index (χ4n) is 1.91. The highest BCUT2D eigenvalue weighted by Crippen LogP contribution is 2.22. The first-order valence-electron chi connectivity index (χ1n) is 5.05. The lowest BCUT2D eigenvalue weighted by Gasteiger charge is -1.97. The van der Waals surface area contributed by atoms with Crippen LogP contribution in [0.15, 0.2) is 42.3 Å². The molecule has 78 valence electrons. The predicted octanol–water partition coefficient (Wildman–Crippen LogP) is 3.18. The first-order chi connectivity index (χ1) is 7.22. The number of rotatable bonds is 2. The third-order valence-electron chi connectivity index (χ3n) is 2.67. The summed E-state index contributed by atoms with van der Waals surface area (Å²) >= 11 is 0. The van der Waals surface area contributed by atoms with Gasteiger partial charge >= 0.3 is 0 Å². The monoisotopic (exact) mass is 201 g/mol. The molecule has 1 aromatic heterocycles. The van der Waals surface area contributed by atoms with Crippen molar-refractivity contribution in [2.24, 2.45) is 7.05 Å². The fourth-order valence-corrected chi connectivity index (χ4v) is 1.91. The van der Waals surface area contributed by atoms with Gasteiger partial charge in [-0.3, -0.25) is 0 Å². The maximum absolute atomic E-state index is 8.91. The predicted molar refractivity (Wildman–Crippen MR) is 63.0 cm³/mol. The van der Waals surface area contributed by atoms with Crippen molar-refractivity contribution in [1.82, 2.24) is 4.57 Å². The van der Waals surface area contributed by atoms with Crippen LogP contribution in [0.5, 0.6) is 0 Å². The Bertz CT molecular complexity index is 508. The lowest BCUT2D eigenvalue weighted by atomic mass is 10.1. The Morgan fingerprint density at radius 2 is 2.13 bits per heavy atom. The molecule has 1 N–H and O–H groups in total. The average molecular weight is 201 g/mol. The summed E-state index contributed by atoms with van der Waals surface area (Å²) in [5.74, 6) is 0. The molecule has 0 aliphatic heterocycles. The highest BCUT2D eigenvalue weighted by Gasteiger charge is 2.05. The molecule has 15 heavy (non-hydrogen) atoms. The zero-order valence-electron chi connectivity index (χ0n) is 9.07. The second kappa shape index (κ2) is 3.81. The number of aliphatic hydroxyl groups excluding tert-OH is 1. The number of nitrogens with zero attached hydrogens (tertiary/aromatic N) is 1. The molecule has 1 heterocycles. The second-order valence-electron chi connectivity index (χ2n) is 3.93. The number of allylic oxidation sites excluding steroid dienone is 1. The summed E-state index contributed by atoms with van der Waals surface area (Å²) in [6, 6.07) is 8.32. The summed E-state index contributed by atoms with van der Waals surface area (Å²) in [5.41, 5.74) is 3.47. The van der Waals surface area contributed by atoms with E-state index >= 15 is 0 Å². The molecule has 0 aliphatic carbocycles. The number of aliphatic hydroxyl groups is 1. The Kier molecular flexibility index (Phi) is 2.50. The summed E-state index contributed by atoms with van der Waals surface area (Å²) in [7, 11) is 2.05. The van der Waals surface area contributed by atoms with Crippen molar-refractivity contribution in [3.05, 3.63) is 47.9 Å². The summed E-state index contributed by atoms with van der Waals surface area (Å²) in [6.07, 6.45) is 4.11. The summed E-state index contributed by atoms with van der Waals surface area (Å²) in [5, 5.41) is 10.2. The van der Waals surface area contributed by atoms with Gasteiger partial charge in [0.2, 0.25) is 0 Å². The van der Waals surface area contributed by atoms with Crippen LogP contribution in [0.1, 0.15) is 12.5 Å². The van der Waals surface area contributed by atoms with Crippen LogP contribution in [-0.4, -0.2) is 9.67 Å². The van der Waals surface area contributed by atoms with Gasteiger partial charge in [-0.05, 0) is 30.5 Å². The van der Waals surface area contributed by atoms with E-state index in [0.717, 1.165) is 12.0 Å². The zero-order chi connectivity index (χ0) is 10.8. The number of aromatic nitrogens is 1. The first kappa shape index (κ1) is 9.84. The topological polar surface area (TPSA) is 25.2 Å². The van der Waals surface area contributed by atoms with Gasteiger partial charge in [-0.15, -0.1) is 0 Å². The molecule has 0 aliphatic rings. The third-order valence-corrected chi connectivity index (χ3v) is 2.67. The molecule has 0 atom stereocenters. The molecule has 0 unspecified atom stereocenters. The molecule has 0 spiro atoms. The Morgan fingerprint density at radius 3 is 2.87 bits per heavy atom. The Labute approximate surface area is 89.5 Å². The molecule has 0 fully saturated rings. The van der Waals surface area contributed by atoms with Gasteiger partial charge in [0.25, 0.3) is 0 Å². The van der Waals surface area contributed by atoms with E-state index in [4.69, 9.17) is 5.11 Å². The zero-order valence-corrected chi connectivity index (χ0v) is 9.07. The smallest absolute Gasteiger partial charge is 0.0784 e. The molecule has 1 aromatic carbocycles. The minimum absolute atomic E-state index is 0.803. The van der Waals surface area contributed by atoms with Crippen LogP contribution in [0.2, 0.25) is 0 Å². The highest BCUT2D eigenvalue weighted by molar-refractivity contribution is 5.84. The molecule has 2 nitrogen and oxygen atoms in total. The van der Waals surface area contributed by atoms with Gasteiger partial charge in [-0.25, -0.2) is 0 Å². The maximum Gasteiger partial charge on any atom is 0.0784 e. The van der Waals surface area contributed by atoms with E-state index in [9.17, 15) is 0 Å². The van der Waals surface area contributed by atoms with E-state index in [1.54, 1.807) is 0 Å². The number of para-hydroxylation sites is 1. The summed E-state index contributed by atoms with van der Waals surface area (Å²) < 4.78 is 2.12. The SMILES string of the molecule is C/C(=C\O)Cc1cn(C)c2ccccc12. The van der Waals surface area contributed by atoms with Gasteiger partial charge in [0.15, 0.2) is 0 Å². The second-order valence-corrected chi connectivity index (χ2v) is 3.93. The van der Waals surface area contributed by atoms with Gasteiger partial charge in [-0.1, -0.05) is 18.2 Å². The van der Waals surface area contributed by atoms with Crippen molar-refractivity contribution in [1.29, 1.82) is 0 Å². The van der Waals surface area contributed by atoms with Crippen molar-refractivity contribution in [3.8, 4) is 0 Å². The Hall–Kier alpha value is -1.70. The van der Waals surface area contributed by atoms with E-state index < -0.39 is 0 Å². The van der Waals surface area contributed by atoms with Crippen LogP contribution in [0, 0.1) is 0 Å². The van der Waals surface area contributed by atoms with Crippen LogP contribution < -0.4 is 0 Å². The molecule has 0 radical (unpaired) electrons. The fraction of sp³-hybridized carbons (Fsp3) is 0.231. The molecule has 2 aromatic rings. The minimum Gasteiger partial charge on any atom is -0.516 e. The van der Waals surface area contributed by atoms with E-state index in [1.807, 2.05) is 26.1 Å². The number of hydrogen-bond acceptors (Lipinski definition) is 1. The number of aryl methyl sites for hydroxylation is 1. The molecule has 0 saturated heterocycles. The summed E-state index contributed by atoms with van der Waals surface area (Å²) in [6.45, 7) is 1.93. The first-order valence-corrected chi connectivity index (χ1v) is 5.05. The normalized spacial score (nSPS) is 12.3. The number of fused-ring (bicyclic) bond motifs is 1. The summed E-state index contributed by atoms with van der Waals surface area (Å²) in [4.78, 5) is 0. The lowest BCUT2D eigenvalue weighted by molar-refractivity contribution is 0.466. The van der Waals surface area contributed by atoms with E-state index in [1.165, 1.54) is 22.7 Å². The van der Waals surface area contributed by atoms with Crippen LogP contribution in [-0.2, 0) is 13.5 Å². The number of hydrogen-bond donors (Lipinski definition) is 1. The van der Waals surface area contributed by atoms with Crippen molar-refractivity contribution in [2.45, 2.75) is 13.3 Å². The molecule has 0 amide bonds. The lowest BCUT2D eigenvalue weighted by Crippen LogP contribution is -1.85. The van der Waals surface area contributed by atoms with E-state index in [0.29, 0.717) is 0 Å². The van der Waals surface area contributed by atoms with Crippen molar-refractivity contribution in [2.75, 3.05) is 0 Å². The largest absolute Gasteiger partial charge is 0.516 e. The number of benzene rings is 1. The van der Waals surface area contributed by atoms with Gasteiger partial charge < -0.3 is 9.67 Å². The van der Waals surface area contributed by atoms with Crippen molar-refractivity contribution >= 4 is 10.9 Å². The van der Waals surface area contributed by atoms with Crippen LogP contribution in [0.4, 0.5) is 0 Å². The highest BCUT2D eigenvalue weighted by atomic mass is 16.2. The van der Waals surface area contributed by atoms with Crippen LogP contribution >= 0.6 is 0 Å². The molecule has 2 rings (SSSR count). The van der Waals surface area contributed by atoms with Gasteiger partial charge in [-0.2, -0.15) is 0 Å². The standard InChI is InChI=1S/C13H15NO/c1-10(9-15)7-11-8-14(2)13-6-4-3-5-12(11)13/h3-6,8-9,15H,7H2,1-2H3/b10-9+. The quantitative estimate of drug-likeness (QED) is 0.742. The molecular formula is C13H15NO. The molecular weight excluding hydrogens is 186 g/mol. The minimum atomic E-state index is 0.803. The molecule has 0 bridgehead atoms. The maximum atomic E-state index is 8.91. The van der Waals surface area contributed by atoms with Crippen LogP contribution in [0.25, 0.3) is 10.9 Å². The Morgan fingerprint density at radius 1 is 1.40 bits per heavy atom. The average Bonchev–Trinajstić information content (AvgIpc) is 2.57.